The summed E-state index contributed by atoms with van der Waals surface area (Å²) in [5, 5.41) is 6.56. The summed E-state index contributed by atoms with van der Waals surface area (Å²) in [4.78, 5) is 4.22. The summed E-state index contributed by atoms with van der Waals surface area (Å²) in [5.74, 6) is 2.36. The fraction of sp³-hybridized carbons (Fsp3) is 0.650. The second-order valence-corrected chi connectivity index (χ2v) is 6.57. The van der Waals surface area contributed by atoms with E-state index in [1.165, 1.54) is 5.56 Å². The molecule has 154 valence electrons. The van der Waals surface area contributed by atoms with Gasteiger partial charge in [0.05, 0.1) is 6.54 Å². The van der Waals surface area contributed by atoms with Gasteiger partial charge in [0.15, 0.2) is 5.96 Å². The van der Waals surface area contributed by atoms with Crippen LogP contribution in [0.25, 0.3) is 0 Å². The highest BCUT2D eigenvalue weighted by molar-refractivity contribution is 14.0. The van der Waals surface area contributed by atoms with E-state index >= 15 is 0 Å². The largest absolute Gasteiger partial charge is 0.492 e. The first kappa shape index (κ1) is 24.0. The Morgan fingerprint density at radius 2 is 1.96 bits per heavy atom. The summed E-state index contributed by atoms with van der Waals surface area (Å²) >= 11 is 0. The van der Waals surface area contributed by atoms with Crippen molar-refractivity contribution in [2.45, 2.75) is 26.2 Å². The molecular formula is C20H34IN3O3. The Bertz CT molecular complexity index is 537. The molecule has 27 heavy (non-hydrogen) atoms. The average molecular weight is 491 g/mol. The lowest BCUT2D eigenvalue weighted by molar-refractivity contribution is 0.0203. The second-order valence-electron chi connectivity index (χ2n) is 6.57. The van der Waals surface area contributed by atoms with Gasteiger partial charge in [-0.15, -0.1) is 24.0 Å². The van der Waals surface area contributed by atoms with Crippen molar-refractivity contribution in [2.75, 3.05) is 53.2 Å². The van der Waals surface area contributed by atoms with E-state index in [0.29, 0.717) is 19.1 Å². The second kappa shape index (κ2) is 14.9. The molecule has 0 saturated carbocycles. The van der Waals surface area contributed by atoms with Gasteiger partial charge in [0, 0.05) is 40.0 Å². The van der Waals surface area contributed by atoms with Crippen molar-refractivity contribution in [2.24, 2.45) is 10.9 Å². The summed E-state index contributed by atoms with van der Waals surface area (Å²) in [5.41, 5.74) is 1.20. The fourth-order valence-corrected chi connectivity index (χ4v) is 2.81. The maximum atomic E-state index is 5.77. The zero-order chi connectivity index (χ0) is 18.5. The molecular weight excluding hydrogens is 457 g/mol. The molecule has 1 saturated heterocycles. The number of guanidine groups is 1. The van der Waals surface area contributed by atoms with Gasteiger partial charge < -0.3 is 24.8 Å². The van der Waals surface area contributed by atoms with Crippen molar-refractivity contribution in [1.29, 1.82) is 0 Å². The van der Waals surface area contributed by atoms with Crippen molar-refractivity contribution in [1.82, 2.24) is 10.6 Å². The summed E-state index contributed by atoms with van der Waals surface area (Å²) in [7, 11) is 1.78. The topological polar surface area (TPSA) is 64.1 Å². The summed E-state index contributed by atoms with van der Waals surface area (Å²) in [6.45, 7) is 7.59. The minimum atomic E-state index is 0. The molecule has 1 heterocycles. The van der Waals surface area contributed by atoms with Crippen LogP contribution in [-0.4, -0.2) is 59.1 Å². The SMILES string of the molecule is CN=C(NCCCOCC1CCOCC1)NCCOc1cccc(C)c1.I. The number of rotatable bonds is 10. The van der Waals surface area contributed by atoms with E-state index in [2.05, 4.69) is 28.6 Å². The van der Waals surface area contributed by atoms with Crippen LogP contribution in [0.3, 0.4) is 0 Å². The maximum Gasteiger partial charge on any atom is 0.191 e. The Morgan fingerprint density at radius 3 is 2.70 bits per heavy atom. The third-order valence-corrected chi connectivity index (χ3v) is 4.33. The van der Waals surface area contributed by atoms with Gasteiger partial charge in [-0.2, -0.15) is 0 Å². The first-order valence-electron chi connectivity index (χ1n) is 9.57. The maximum absolute atomic E-state index is 5.77. The number of hydrogen-bond donors (Lipinski definition) is 2. The lowest BCUT2D eigenvalue weighted by atomic mass is 10.0. The van der Waals surface area contributed by atoms with Crippen molar-refractivity contribution in [3.63, 3.8) is 0 Å². The lowest BCUT2D eigenvalue weighted by Gasteiger charge is -2.21. The molecule has 2 rings (SSSR count). The van der Waals surface area contributed by atoms with Gasteiger partial charge in [-0.3, -0.25) is 4.99 Å². The number of ether oxygens (including phenoxy) is 3. The number of aryl methyl sites for hydroxylation is 1. The number of nitrogens with one attached hydrogen (secondary N) is 2. The third-order valence-electron chi connectivity index (χ3n) is 4.33. The number of aliphatic imine (C=N–C) groups is 1. The van der Waals surface area contributed by atoms with Crippen LogP contribution in [0.5, 0.6) is 5.75 Å². The van der Waals surface area contributed by atoms with Crippen LogP contribution in [0, 0.1) is 12.8 Å². The van der Waals surface area contributed by atoms with Crippen LogP contribution in [0.15, 0.2) is 29.3 Å². The molecule has 1 aliphatic rings. The quantitative estimate of drug-likeness (QED) is 0.228. The molecule has 6 nitrogen and oxygen atoms in total. The van der Waals surface area contributed by atoms with Gasteiger partial charge in [0.2, 0.25) is 0 Å². The van der Waals surface area contributed by atoms with Crippen molar-refractivity contribution >= 4 is 29.9 Å². The molecule has 0 unspecified atom stereocenters. The van der Waals surface area contributed by atoms with Crippen LogP contribution < -0.4 is 15.4 Å². The van der Waals surface area contributed by atoms with E-state index in [9.17, 15) is 0 Å². The van der Waals surface area contributed by atoms with Crippen LogP contribution in [0.4, 0.5) is 0 Å². The van der Waals surface area contributed by atoms with Crippen LogP contribution in [0.2, 0.25) is 0 Å². The first-order chi connectivity index (χ1) is 12.8. The number of benzene rings is 1. The smallest absolute Gasteiger partial charge is 0.191 e. The fourth-order valence-electron chi connectivity index (χ4n) is 2.81. The third kappa shape index (κ3) is 10.8. The summed E-state index contributed by atoms with van der Waals surface area (Å²) in [6.07, 6.45) is 3.21. The molecule has 7 heteroatoms. The summed E-state index contributed by atoms with van der Waals surface area (Å²) < 4.78 is 16.9. The van der Waals surface area contributed by atoms with Crippen LogP contribution in [-0.2, 0) is 9.47 Å². The molecule has 1 aromatic carbocycles. The average Bonchev–Trinajstić information content (AvgIpc) is 2.67. The molecule has 0 atom stereocenters. The van der Waals surface area contributed by atoms with E-state index in [4.69, 9.17) is 14.2 Å². The highest BCUT2D eigenvalue weighted by atomic mass is 127. The lowest BCUT2D eigenvalue weighted by Crippen LogP contribution is -2.39. The van der Waals surface area contributed by atoms with Crippen molar-refractivity contribution in [3.05, 3.63) is 29.8 Å². The van der Waals surface area contributed by atoms with Gasteiger partial charge in [0.25, 0.3) is 0 Å². The molecule has 1 aliphatic heterocycles. The predicted octanol–water partition coefficient (Wildman–Crippen LogP) is 2.99. The molecule has 0 aromatic heterocycles. The molecule has 0 aliphatic carbocycles. The molecule has 2 N–H and O–H groups in total. The first-order valence-corrected chi connectivity index (χ1v) is 9.57. The van der Waals surface area contributed by atoms with Gasteiger partial charge in [-0.1, -0.05) is 12.1 Å². The molecule has 0 spiro atoms. The Morgan fingerprint density at radius 1 is 1.19 bits per heavy atom. The molecule has 1 fully saturated rings. The zero-order valence-electron chi connectivity index (χ0n) is 16.5. The number of nitrogens with zero attached hydrogens (tertiary/aromatic N) is 1. The Hall–Kier alpha value is -1.06. The van der Waals surface area contributed by atoms with E-state index in [0.717, 1.165) is 63.9 Å². The van der Waals surface area contributed by atoms with E-state index < -0.39 is 0 Å². The van der Waals surface area contributed by atoms with Gasteiger partial charge in [-0.05, 0) is 49.8 Å². The highest BCUT2D eigenvalue weighted by Gasteiger charge is 2.13. The number of halogens is 1. The Labute approximate surface area is 180 Å². The normalized spacial score (nSPS) is 15.1. The summed E-state index contributed by atoms with van der Waals surface area (Å²) in [6, 6.07) is 8.07. The van der Waals surface area contributed by atoms with Gasteiger partial charge in [-0.25, -0.2) is 0 Å². The van der Waals surface area contributed by atoms with E-state index in [1.807, 2.05) is 18.2 Å². The standard InChI is InChI=1S/C20H33N3O3.HI/c1-17-5-3-6-19(15-17)26-14-10-23-20(21-2)22-9-4-11-25-16-18-7-12-24-13-8-18;/h3,5-6,15,18H,4,7-14,16H2,1-2H3,(H2,21,22,23);1H. The van der Waals surface area contributed by atoms with Crippen LogP contribution in [0.1, 0.15) is 24.8 Å². The van der Waals surface area contributed by atoms with Crippen molar-refractivity contribution < 1.29 is 14.2 Å². The highest BCUT2D eigenvalue weighted by Crippen LogP contribution is 2.14. The van der Waals surface area contributed by atoms with Crippen molar-refractivity contribution in [3.8, 4) is 5.75 Å². The Balaban J connectivity index is 0.00000364. The predicted molar refractivity (Wildman–Crippen MR) is 120 cm³/mol. The van der Waals surface area contributed by atoms with E-state index in [1.54, 1.807) is 7.05 Å². The van der Waals surface area contributed by atoms with Crippen LogP contribution >= 0.6 is 24.0 Å². The number of hydrogen-bond acceptors (Lipinski definition) is 4. The molecule has 0 bridgehead atoms. The van der Waals surface area contributed by atoms with Gasteiger partial charge >= 0.3 is 0 Å². The van der Waals surface area contributed by atoms with E-state index in [-0.39, 0.29) is 24.0 Å². The monoisotopic (exact) mass is 491 g/mol. The molecule has 1 aromatic rings. The van der Waals surface area contributed by atoms with Gasteiger partial charge in [0.1, 0.15) is 12.4 Å². The minimum Gasteiger partial charge on any atom is -0.492 e. The minimum absolute atomic E-state index is 0. The Kier molecular flexibility index (Phi) is 13.3. The molecule has 0 radical (unpaired) electrons. The zero-order valence-corrected chi connectivity index (χ0v) is 18.9. The molecule has 0 amide bonds.